The van der Waals surface area contributed by atoms with Gasteiger partial charge >= 0.3 is 5.97 Å². The van der Waals surface area contributed by atoms with Crippen molar-refractivity contribution >= 4 is 41.2 Å². The molecule has 0 aliphatic rings. The Morgan fingerprint density at radius 1 is 1.50 bits per heavy atom. The van der Waals surface area contributed by atoms with Crippen LogP contribution in [0.2, 0.25) is 10.3 Å². The van der Waals surface area contributed by atoms with E-state index in [1.165, 1.54) is 13.1 Å². The first kappa shape index (κ1) is 12.7. The van der Waals surface area contributed by atoms with E-state index in [9.17, 15) is 4.79 Å². The van der Waals surface area contributed by atoms with Gasteiger partial charge in [-0.05, 0) is 0 Å². The molecule has 0 amide bonds. The summed E-state index contributed by atoms with van der Waals surface area (Å²) in [5.41, 5.74) is 5.78. The minimum atomic E-state index is -0.426. The van der Waals surface area contributed by atoms with E-state index < -0.39 is 5.97 Å². The highest BCUT2D eigenvalue weighted by Gasteiger charge is 2.06. The number of hydrogen-bond acceptors (Lipinski definition) is 6. The molecule has 0 atom stereocenters. The molecule has 1 aromatic rings. The highest BCUT2D eigenvalue weighted by atomic mass is 35.5. The number of ether oxygens (including phenoxy) is 1. The molecule has 6 nitrogen and oxygen atoms in total. The number of carbonyl (C=O) groups is 1. The third-order valence-electron chi connectivity index (χ3n) is 1.43. The van der Waals surface area contributed by atoms with E-state index in [1.807, 2.05) is 0 Å². The number of anilines is 1. The number of nitrogen functional groups attached to an aromatic ring is 1. The summed E-state index contributed by atoms with van der Waals surface area (Å²) >= 11 is 11.2. The van der Waals surface area contributed by atoms with E-state index in [0.717, 1.165) is 0 Å². The molecule has 0 bridgehead atoms. The minimum Gasteiger partial charge on any atom is -0.443 e. The van der Waals surface area contributed by atoms with Crippen LogP contribution in [0.4, 0.5) is 5.82 Å². The van der Waals surface area contributed by atoms with Crippen LogP contribution >= 0.6 is 23.2 Å². The third-order valence-corrected chi connectivity index (χ3v) is 2.05. The molecule has 1 rings (SSSR count). The van der Waals surface area contributed by atoms with E-state index in [4.69, 9.17) is 28.9 Å². The summed E-state index contributed by atoms with van der Waals surface area (Å²) in [7, 11) is 0. The SMILES string of the molecule is CC(=O)OC/N=C/c1nc(Cl)c(Cl)nc1N. The van der Waals surface area contributed by atoms with Crippen molar-refractivity contribution in [2.75, 3.05) is 12.5 Å². The zero-order valence-corrected chi connectivity index (χ0v) is 9.79. The van der Waals surface area contributed by atoms with Crippen LogP contribution in [0.1, 0.15) is 12.6 Å². The number of esters is 1. The van der Waals surface area contributed by atoms with Crippen LogP contribution < -0.4 is 5.73 Å². The van der Waals surface area contributed by atoms with Gasteiger partial charge in [-0.3, -0.25) is 9.79 Å². The fraction of sp³-hybridized carbons (Fsp3) is 0.250. The molecular formula is C8H8Cl2N4O2. The van der Waals surface area contributed by atoms with E-state index in [0.29, 0.717) is 0 Å². The summed E-state index contributed by atoms with van der Waals surface area (Å²) < 4.78 is 4.57. The number of aliphatic imine (C=N–C) groups is 1. The van der Waals surface area contributed by atoms with Crippen LogP contribution in [0.25, 0.3) is 0 Å². The fourth-order valence-electron chi connectivity index (χ4n) is 0.765. The highest BCUT2D eigenvalue weighted by molar-refractivity contribution is 6.40. The maximum Gasteiger partial charge on any atom is 0.304 e. The first-order valence-corrected chi connectivity index (χ1v) is 4.88. The van der Waals surface area contributed by atoms with Crippen LogP contribution in [0.5, 0.6) is 0 Å². The monoisotopic (exact) mass is 262 g/mol. The number of hydrogen-bond donors (Lipinski definition) is 1. The molecule has 0 fully saturated rings. The predicted molar refractivity (Wildman–Crippen MR) is 60.7 cm³/mol. The smallest absolute Gasteiger partial charge is 0.304 e. The zero-order valence-electron chi connectivity index (χ0n) is 8.28. The number of rotatable bonds is 3. The van der Waals surface area contributed by atoms with Crippen molar-refractivity contribution in [3.63, 3.8) is 0 Å². The molecular weight excluding hydrogens is 255 g/mol. The summed E-state index contributed by atoms with van der Waals surface area (Å²) in [6.45, 7) is 1.17. The van der Waals surface area contributed by atoms with Gasteiger partial charge < -0.3 is 10.5 Å². The molecule has 0 aliphatic carbocycles. The van der Waals surface area contributed by atoms with E-state index in [2.05, 4.69) is 19.7 Å². The topological polar surface area (TPSA) is 90.5 Å². The number of aromatic nitrogens is 2. The fourth-order valence-corrected chi connectivity index (χ4v) is 1.03. The minimum absolute atomic E-state index is 0.0244. The highest BCUT2D eigenvalue weighted by Crippen LogP contribution is 2.18. The van der Waals surface area contributed by atoms with Crippen LogP contribution in [0, 0.1) is 0 Å². The van der Waals surface area contributed by atoms with E-state index in [-0.39, 0.29) is 28.5 Å². The lowest BCUT2D eigenvalue weighted by atomic mass is 10.4. The summed E-state index contributed by atoms with van der Waals surface area (Å²) in [6, 6.07) is 0. The molecule has 0 saturated heterocycles. The van der Waals surface area contributed by atoms with Gasteiger partial charge in [0.05, 0.1) is 6.21 Å². The van der Waals surface area contributed by atoms with Gasteiger partial charge in [0.1, 0.15) is 5.69 Å². The number of nitrogens with two attached hydrogens (primary N) is 1. The van der Waals surface area contributed by atoms with Crippen LogP contribution in [-0.4, -0.2) is 28.9 Å². The van der Waals surface area contributed by atoms with Gasteiger partial charge in [0.2, 0.25) is 0 Å². The van der Waals surface area contributed by atoms with Crippen molar-refractivity contribution in [3.8, 4) is 0 Å². The zero-order chi connectivity index (χ0) is 12.1. The first-order chi connectivity index (χ1) is 7.50. The Hall–Kier alpha value is -1.40. The third kappa shape index (κ3) is 3.63. The molecule has 86 valence electrons. The molecule has 1 heterocycles. The molecule has 0 radical (unpaired) electrons. The van der Waals surface area contributed by atoms with Gasteiger partial charge in [0, 0.05) is 6.92 Å². The lowest BCUT2D eigenvalue weighted by molar-refractivity contribution is -0.140. The van der Waals surface area contributed by atoms with Gasteiger partial charge in [-0.2, -0.15) is 0 Å². The van der Waals surface area contributed by atoms with Crippen LogP contribution in [-0.2, 0) is 9.53 Å². The van der Waals surface area contributed by atoms with Gasteiger partial charge in [-0.1, -0.05) is 23.2 Å². The molecule has 8 heteroatoms. The number of halogens is 2. The van der Waals surface area contributed by atoms with E-state index in [1.54, 1.807) is 0 Å². The number of carbonyl (C=O) groups excluding carboxylic acids is 1. The Bertz CT molecular complexity index is 436. The molecule has 0 aromatic carbocycles. The van der Waals surface area contributed by atoms with Crippen molar-refractivity contribution in [2.24, 2.45) is 4.99 Å². The summed E-state index contributed by atoms with van der Waals surface area (Å²) in [5, 5.41) is 0.0566. The Labute approximate surface area is 101 Å². The average molecular weight is 263 g/mol. The maximum atomic E-state index is 10.4. The van der Waals surface area contributed by atoms with Crippen LogP contribution in [0.3, 0.4) is 0 Å². The quantitative estimate of drug-likeness (QED) is 0.655. The van der Waals surface area contributed by atoms with Crippen molar-refractivity contribution < 1.29 is 9.53 Å². The normalized spacial score (nSPS) is 10.7. The maximum absolute atomic E-state index is 10.4. The summed E-state index contributed by atoms with van der Waals surface area (Å²) in [4.78, 5) is 21.8. The lowest BCUT2D eigenvalue weighted by Crippen LogP contribution is -2.03. The van der Waals surface area contributed by atoms with Gasteiger partial charge in [-0.15, -0.1) is 0 Å². The second-order valence-electron chi connectivity index (χ2n) is 2.65. The average Bonchev–Trinajstić information content (AvgIpc) is 2.19. The summed E-state index contributed by atoms with van der Waals surface area (Å²) in [6.07, 6.45) is 1.30. The largest absolute Gasteiger partial charge is 0.443 e. The Morgan fingerprint density at radius 3 is 2.75 bits per heavy atom. The van der Waals surface area contributed by atoms with Gasteiger partial charge in [-0.25, -0.2) is 9.97 Å². The standard InChI is InChI=1S/C8H8Cl2N4O2/c1-4(15)16-3-12-2-5-8(11)14-7(10)6(9)13-5/h2H,3H2,1H3,(H2,11,14)/b12-2+. The van der Waals surface area contributed by atoms with Crippen molar-refractivity contribution in [3.05, 3.63) is 16.0 Å². The van der Waals surface area contributed by atoms with Gasteiger partial charge in [0.25, 0.3) is 0 Å². The Balaban J connectivity index is 2.73. The molecule has 1 aromatic heterocycles. The molecule has 0 spiro atoms. The van der Waals surface area contributed by atoms with E-state index >= 15 is 0 Å². The first-order valence-electron chi connectivity index (χ1n) is 4.12. The Morgan fingerprint density at radius 2 is 2.12 bits per heavy atom. The summed E-state index contributed by atoms with van der Waals surface area (Å²) in [5.74, 6) is -0.327. The van der Waals surface area contributed by atoms with Crippen LogP contribution in [0.15, 0.2) is 4.99 Å². The Kier molecular flexibility index (Phi) is 4.45. The molecule has 16 heavy (non-hydrogen) atoms. The molecule has 2 N–H and O–H groups in total. The van der Waals surface area contributed by atoms with Gasteiger partial charge in [0.15, 0.2) is 22.9 Å². The van der Waals surface area contributed by atoms with Crippen molar-refractivity contribution in [1.82, 2.24) is 9.97 Å². The predicted octanol–water partition coefficient (Wildman–Crippen LogP) is 1.31. The lowest BCUT2D eigenvalue weighted by Gasteiger charge is -2.00. The molecule has 0 aliphatic heterocycles. The molecule has 0 saturated carbocycles. The number of nitrogens with zero attached hydrogens (tertiary/aromatic N) is 3. The van der Waals surface area contributed by atoms with Crippen molar-refractivity contribution in [1.29, 1.82) is 0 Å². The second-order valence-corrected chi connectivity index (χ2v) is 3.37. The second kappa shape index (κ2) is 5.62. The molecule has 0 unspecified atom stereocenters. The van der Waals surface area contributed by atoms with Crippen molar-refractivity contribution in [2.45, 2.75) is 6.92 Å².